The quantitative estimate of drug-likeness (QED) is 0.779. The molecule has 0 saturated carbocycles. The fraction of sp³-hybridized carbons (Fsp3) is 0.455. The first-order valence-electron chi connectivity index (χ1n) is 10.3. The SMILES string of the molecule is CC[C@@H](C)[C@@H](C(=O)N1CCN(c2ncccn2)CC1)N1Cc2ccccc2C1=O. The van der Waals surface area contributed by atoms with Gasteiger partial charge in [0, 0.05) is 50.7 Å². The van der Waals surface area contributed by atoms with E-state index in [4.69, 9.17) is 0 Å². The number of piperazine rings is 1. The van der Waals surface area contributed by atoms with E-state index in [-0.39, 0.29) is 17.7 Å². The predicted octanol–water partition coefficient (Wildman–Crippen LogP) is 2.20. The zero-order chi connectivity index (χ0) is 20.4. The van der Waals surface area contributed by atoms with Crippen molar-refractivity contribution in [2.75, 3.05) is 31.1 Å². The Morgan fingerprint density at radius 3 is 2.41 bits per heavy atom. The molecule has 0 radical (unpaired) electrons. The van der Waals surface area contributed by atoms with Gasteiger partial charge in [0.1, 0.15) is 6.04 Å². The Hall–Kier alpha value is -2.96. The van der Waals surface area contributed by atoms with Crippen LogP contribution in [0.4, 0.5) is 5.95 Å². The van der Waals surface area contributed by atoms with Crippen LogP contribution in [0.1, 0.15) is 36.2 Å². The number of amides is 2. The second-order valence-electron chi connectivity index (χ2n) is 7.78. The van der Waals surface area contributed by atoms with E-state index in [1.807, 2.05) is 29.2 Å². The molecule has 0 unspecified atom stereocenters. The maximum absolute atomic E-state index is 13.5. The van der Waals surface area contributed by atoms with Crippen LogP contribution >= 0.6 is 0 Å². The average molecular weight is 393 g/mol. The highest BCUT2D eigenvalue weighted by Gasteiger charge is 2.41. The van der Waals surface area contributed by atoms with Gasteiger partial charge in [-0.3, -0.25) is 9.59 Å². The second kappa shape index (κ2) is 8.19. The first-order valence-corrected chi connectivity index (χ1v) is 10.3. The van der Waals surface area contributed by atoms with Gasteiger partial charge in [-0.1, -0.05) is 38.5 Å². The Kier molecular flexibility index (Phi) is 5.47. The Bertz CT molecular complexity index is 880. The van der Waals surface area contributed by atoms with Crippen molar-refractivity contribution in [3.63, 3.8) is 0 Å². The molecule has 1 saturated heterocycles. The normalized spacial score (nSPS) is 18.6. The summed E-state index contributed by atoms with van der Waals surface area (Å²) in [5, 5.41) is 0. The maximum Gasteiger partial charge on any atom is 0.255 e. The van der Waals surface area contributed by atoms with E-state index in [9.17, 15) is 9.59 Å². The molecular weight excluding hydrogens is 366 g/mol. The van der Waals surface area contributed by atoms with Gasteiger partial charge >= 0.3 is 0 Å². The number of hydrogen-bond acceptors (Lipinski definition) is 5. The number of nitrogens with zero attached hydrogens (tertiary/aromatic N) is 5. The van der Waals surface area contributed by atoms with Gasteiger partial charge in [0.05, 0.1) is 0 Å². The standard InChI is InChI=1S/C22H27N5O2/c1-3-16(2)19(27-15-17-7-4-5-8-18(17)20(27)28)21(29)25-11-13-26(14-12-25)22-23-9-6-10-24-22/h4-10,16,19H,3,11-15H2,1-2H3/t16-,19+/m1/s1. The van der Waals surface area contributed by atoms with Crippen LogP contribution in [-0.2, 0) is 11.3 Å². The van der Waals surface area contributed by atoms with Crippen molar-refractivity contribution in [1.82, 2.24) is 19.8 Å². The van der Waals surface area contributed by atoms with E-state index >= 15 is 0 Å². The van der Waals surface area contributed by atoms with E-state index in [1.165, 1.54) is 0 Å². The number of anilines is 1. The fourth-order valence-electron chi connectivity index (χ4n) is 4.18. The molecule has 3 heterocycles. The summed E-state index contributed by atoms with van der Waals surface area (Å²) in [6, 6.07) is 9.02. The molecule has 4 rings (SSSR count). The van der Waals surface area contributed by atoms with Crippen molar-refractivity contribution in [1.29, 1.82) is 0 Å². The summed E-state index contributed by atoms with van der Waals surface area (Å²) in [6.45, 7) is 7.25. The average Bonchev–Trinajstić information content (AvgIpc) is 3.10. The zero-order valence-corrected chi connectivity index (χ0v) is 17.0. The molecule has 0 aliphatic carbocycles. The van der Waals surface area contributed by atoms with E-state index in [1.54, 1.807) is 23.4 Å². The summed E-state index contributed by atoms with van der Waals surface area (Å²) >= 11 is 0. The van der Waals surface area contributed by atoms with Crippen molar-refractivity contribution in [2.45, 2.75) is 32.9 Å². The van der Waals surface area contributed by atoms with E-state index in [0.29, 0.717) is 38.7 Å². The number of aromatic nitrogens is 2. The molecule has 7 nitrogen and oxygen atoms in total. The number of rotatable bonds is 5. The summed E-state index contributed by atoms with van der Waals surface area (Å²) in [6.07, 6.45) is 4.30. The molecule has 0 spiro atoms. The van der Waals surface area contributed by atoms with Crippen LogP contribution in [0.5, 0.6) is 0 Å². The molecule has 2 atom stereocenters. The van der Waals surface area contributed by atoms with Gasteiger partial charge in [-0.15, -0.1) is 0 Å². The molecule has 1 fully saturated rings. The Balaban J connectivity index is 1.49. The van der Waals surface area contributed by atoms with E-state index in [0.717, 1.165) is 17.5 Å². The summed E-state index contributed by atoms with van der Waals surface area (Å²) in [7, 11) is 0. The number of carbonyl (C=O) groups excluding carboxylic acids is 2. The topological polar surface area (TPSA) is 69.6 Å². The molecule has 0 N–H and O–H groups in total. The molecule has 2 aliphatic rings. The number of benzene rings is 1. The van der Waals surface area contributed by atoms with E-state index in [2.05, 4.69) is 28.7 Å². The van der Waals surface area contributed by atoms with Crippen molar-refractivity contribution in [2.24, 2.45) is 5.92 Å². The summed E-state index contributed by atoms with van der Waals surface area (Å²) < 4.78 is 0. The number of fused-ring (bicyclic) bond motifs is 1. The van der Waals surface area contributed by atoms with Gasteiger partial charge < -0.3 is 14.7 Å². The van der Waals surface area contributed by atoms with Gasteiger partial charge in [0.25, 0.3) is 5.91 Å². The lowest BCUT2D eigenvalue weighted by molar-refractivity contribution is -0.138. The van der Waals surface area contributed by atoms with Gasteiger partial charge in [-0.2, -0.15) is 0 Å². The largest absolute Gasteiger partial charge is 0.337 e. The third kappa shape index (κ3) is 3.69. The smallest absolute Gasteiger partial charge is 0.255 e. The minimum atomic E-state index is -0.431. The summed E-state index contributed by atoms with van der Waals surface area (Å²) in [5.74, 6) is 0.809. The van der Waals surface area contributed by atoms with Crippen molar-refractivity contribution < 1.29 is 9.59 Å². The second-order valence-corrected chi connectivity index (χ2v) is 7.78. The van der Waals surface area contributed by atoms with Crippen LogP contribution in [0.25, 0.3) is 0 Å². The highest BCUT2D eigenvalue weighted by Crippen LogP contribution is 2.29. The minimum Gasteiger partial charge on any atom is -0.337 e. The highest BCUT2D eigenvalue weighted by molar-refractivity contribution is 6.01. The summed E-state index contributed by atoms with van der Waals surface area (Å²) in [5.41, 5.74) is 1.73. The Morgan fingerprint density at radius 2 is 1.76 bits per heavy atom. The highest BCUT2D eigenvalue weighted by atomic mass is 16.2. The van der Waals surface area contributed by atoms with Crippen LogP contribution in [0.15, 0.2) is 42.7 Å². The van der Waals surface area contributed by atoms with E-state index < -0.39 is 6.04 Å². The van der Waals surface area contributed by atoms with Gasteiger partial charge in [-0.05, 0) is 23.6 Å². The summed E-state index contributed by atoms with van der Waals surface area (Å²) in [4.78, 5) is 40.9. The van der Waals surface area contributed by atoms with Crippen LogP contribution in [0.2, 0.25) is 0 Å². The molecule has 2 aliphatic heterocycles. The van der Waals surface area contributed by atoms with Gasteiger partial charge in [-0.25, -0.2) is 9.97 Å². The molecule has 0 bridgehead atoms. The lowest BCUT2D eigenvalue weighted by Gasteiger charge is -2.39. The lowest BCUT2D eigenvalue weighted by atomic mass is 9.96. The first-order chi connectivity index (χ1) is 14.1. The molecule has 152 valence electrons. The zero-order valence-electron chi connectivity index (χ0n) is 17.0. The minimum absolute atomic E-state index is 0.0319. The lowest BCUT2D eigenvalue weighted by Crippen LogP contribution is -2.57. The van der Waals surface area contributed by atoms with Crippen LogP contribution in [-0.4, -0.2) is 63.8 Å². The maximum atomic E-state index is 13.5. The Morgan fingerprint density at radius 1 is 1.07 bits per heavy atom. The third-order valence-electron chi connectivity index (χ3n) is 6.05. The third-order valence-corrected chi connectivity index (χ3v) is 6.05. The molecule has 2 aromatic rings. The van der Waals surface area contributed by atoms with Crippen LogP contribution in [0, 0.1) is 5.92 Å². The molecule has 2 amide bonds. The first kappa shape index (κ1) is 19.4. The monoisotopic (exact) mass is 393 g/mol. The van der Waals surface area contributed by atoms with Crippen molar-refractivity contribution in [3.8, 4) is 0 Å². The van der Waals surface area contributed by atoms with Crippen molar-refractivity contribution >= 4 is 17.8 Å². The number of carbonyl (C=O) groups is 2. The fourth-order valence-corrected chi connectivity index (χ4v) is 4.18. The molecule has 1 aromatic heterocycles. The predicted molar refractivity (Wildman–Crippen MR) is 110 cm³/mol. The molecule has 7 heteroatoms. The van der Waals surface area contributed by atoms with Crippen molar-refractivity contribution in [3.05, 3.63) is 53.9 Å². The van der Waals surface area contributed by atoms with Crippen LogP contribution in [0.3, 0.4) is 0 Å². The van der Waals surface area contributed by atoms with Gasteiger partial charge in [0.2, 0.25) is 11.9 Å². The van der Waals surface area contributed by atoms with Gasteiger partial charge in [0.15, 0.2) is 0 Å². The molecule has 1 aromatic carbocycles. The molecular formula is C22H27N5O2. The Labute approximate surface area is 171 Å². The number of hydrogen-bond donors (Lipinski definition) is 0. The van der Waals surface area contributed by atoms with Crippen LogP contribution < -0.4 is 4.90 Å². The molecule has 29 heavy (non-hydrogen) atoms.